The second-order valence-corrected chi connectivity index (χ2v) is 5.94. The summed E-state index contributed by atoms with van der Waals surface area (Å²) in [6.07, 6.45) is 4.97. The predicted molar refractivity (Wildman–Crippen MR) is 84.4 cm³/mol. The molecular formula is C16H32N2O3. The van der Waals surface area contributed by atoms with Gasteiger partial charge in [-0.3, -0.25) is 4.79 Å². The van der Waals surface area contributed by atoms with Crippen molar-refractivity contribution in [1.82, 2.24) is 10.2 Å². The van der Waals surface area contributed by atoms with Crippen LogP contribution in [0.2, 0.25) is 0 Å². The van der Waals surface area contributed by atoms with Gasteiger partial charge in [0.25, 0.3) is 0 Å². The van der Waals surface area contributed by atoms with E-state index in [0.29, 0.717) is 25.7 Å². The van der Waals surface area contributed by atoms with E-state index < -0.39 is 0 Å². The van der Waals surface area contributed by atoms with Crippen LogP contribution in [0.5, 0.6) is 0 Å². The monoisotopic (exact) mass is 300 g/mol. The van der Waals surface area contributed by atoms with Gasteiger partial charge in [-0.2, -0.15) is 0 Å². The lowest BCUT2D eigenvalue weighted by Gasteiger charge is -2.40. The maximum absolute atomic E-state index is 13.1. The van der Waals surface area contributed by atoms with Crippen LogP contribution in [0.1, 0.15) is 39.0 Å². The molecule has 1 saturated heterocycles. The summed E-state index contributed by atoms with van der Waals surface area (Å²) in [5.74, 6) is 0.296. The van der Waals surface area contributed by atoms with E-state index in [4.69, 9.17) is 9.47 Å². The normalized spacial score (nSPS) is 22.2. The lowest BCUT2D eigenvalue weighted by atomic mass is 9.75. The zero-order valence-corrected chi connectivity index (χ0v) is 14.0. The van der Waals surface area contributed by atoms with Gasteiger partial charge in [0, 0.05) is 40.5 Å². The third-order valence-electron chi connectivity index (χ3n) is 4.28. The van der Waals surface area contributed by atoms with Crippen LogP contribution < -0.4 is 5.32 Å². The molecule has 1 rings (SSSR count). The molecule has 0 aliphatic carbocycles. The van der Waals surface area contributed by atoms with E-state index in [-0.39, 0.29) is 5.41 Å². The number of amides is 1. The number of piperidine rings is 1. The van der Waals surface area contributed by atoms with Crippen LogP contribution in [0.3, 0.4) is 0 Å². The molecule has 1 aliphatic heterocycles. The summed E-state index contributed by atoms with van der Waals surface area (Å²) in [7, 11) is 3.38. The maximum atomic E-state index is 13.1. The number of ether oxygens (including phenoxy) is 2. The molecule has 0 aromatic rings. The molecule has 0 radical (unpaired) electrons. The van der Waals surface area contributed by atoms with Crippen LogP contribution >= 0.6 is 0 Å². The number of hydrogen-bond donors (Lipinski definition) is 1. The summed E-state index contributed by atoms with van der Waals surface area (Å²) in [6.45, 7) is 6.71. The molecule has 1 aliphatic rings. The zero-order valence-electron chi connectivity index (χ0n) is 14.0. The highest BCUT2D eigenvalue weighted by molar-refractivity contribution is 5.83. The van der Waals surface area contributed by atoms with Gasteiger partial charge < -0.3 is 19.7 Å². The second-order valence-electron chi connectivity index (χ2n) is 5.94. The Hall–Kier alpha value is -0.650. The van der Waals surface area contributed by atoms with Gasteiger partial charge in [0.1, 0.15) is 0 Å². The molecule has 1 heterocycles. The van der Waals surface area contributed by atoms with Gasteiger partial charge >= 0.3 is 0 Å². The van der Waals surface area contributed by atoms with Crippen molar-refractivity contribution in [3.05, 3.63) is 0 Å². The summed E-state index contributed by atoms with van der Waals surface area (Å²) < 4.78 is 10.3. The number of nitrogens with zero attached hydrogens (tertiary/aromatic N) is 1. The SMILES string of the molecule is CCCC1(C(=O)N(CCCOC)CCOC)CCCNC1. The minimum absolute atomic E-state index is 0.214. The number of carbonyl (C=O) groups is 1. The van der Waals surface area contributed by atoms with Crippen molar-refractivity contribution >= 4 is 5.91 Å². The molecule has 1 fully saturated rings. The minimum Gasteiger partial charge on any atom is -0.385 e. The third-order valence-corrected chi connectivity index (χ3v) is 4.28. The smallest absolute Gasteiger partial charge is 0.230 e. The highest BCUT2D eigenvalue weighted by Gasteiger charge is 2.40. The topological polar surface area (TPSA) is 50.8 Å². The molecular weight excluding hydrogens is 268 g/mol. The van der Waals surface area contributed by atoms with E-state index in [0.717, 1.165) is 51.7 Å². The second kappa shape index (κ2) is 10.1. The highest BCUT2D eigenvalue weighted by atomic mass is 16.5. The molecule has 0 bridgehead atoms. The van der Waals surface area contributed by atoms with Gasteiger partial charge in [-0.25, -0.2) is 0 Å². The van der Waals surface area contributed by atoms with Gasteiger partial charge in [-0.15, -0.1) is 0 Å². The Labute approximate surface area is 129 Å². The number of methoxy groups -OCH3 is 2. The lowest BCUT2D eigenvalue weighted by Crippen LogP contribution is -2.52. The Morgan fingerprint density at radius 2 is 2.00 bits per heavy atom. The summed E-state index contributed by atoms with van der Waals surface area (Å²) in [5.41, 5.74) is -0.214. The first-order chi connectivity index (χ1) is 10.2. The summed E-state index contributed by atoms with van der Waals surface area (Å²) in [6, 6.07) is 0. The molecule has 124 valence electrons. The van der Waals surface area contributed by atoms with E-state index >= 15 is 0 Å². The van der Waals surface area contributed by atoms with Crippen molar-refractivity contribution < 1.29 is 14.3 Å². The Kier molecular flexibility index (Phi) is 8.88. The average molecular weight is 300 g/mol. The van der Waals surface area contributed by atoms with Crippen molar-refractivity contribution in [3.63, 3.8) is 0 Å². The van der Waals surface area contributed by atoms with Crippen molar-refractivity contribution in [3.8, 4) is 0 Å². The Morgan fingerprint density at radius 1 is 1.24 bits per heavy atom. The molecule has 1 atom stereocenters. The van der Waals surface area contributed by atoms with Crippen molar-refractivity contribution in [2.75, 3.05) is 53.6 Å². The molecule has 1 unspecified atom stereocenters. The Morgan fingerprint density at radius 3 is 2.57 bits per heavy atom. The van der Waals surface area contributed by atoms with E-state index in [1.807, 2.05) is 4.90 Å². The third kappa shape index (κ3) is 5.57. The standard InChI is InChI=1S/C16H32N2O3/c1-4-7-16(8-5-9-17-14-16)15(19)18(11-13-21-3)10-6-12-20-2/h17H,4-14H2,1-3H3. The summed E-state index contributed by atoms with van der Waals surface area (Å²) >= 11 is 0. The summed E-state index contributed by atoms with van der Waals surface area (Å²) in [4.78, 5) is 15.1. The molecule has 1 N–H and O–H groups in total. The van der Waals surface area contributed by atoms with E-state index in [2.05, 4.69) is 12.2 Å². The van der Waals surface area contributed by atoms with Crippen molar-refractivity contribution in [2.24, 2.45) is 5.41 Å². The Balaban J connectivity index is 2.72. The van der Waals surface area contributed by atoms with Gasteiger partial charge in [0.05, 0.1) is 12.0 Å². The minimum atomic E-state index is -0.214. The van der Waals surface area contributed by atoms with E-state index in [1.165, 1.54) is 0 Å². The molecule has 5 nitrogen and oxygen atoms in total. The summed E-state index contributed by atoms with van der Waals surface area (Å²) in [5, 5.41) is 3.42. The van der Waals surface area contributed by atoms with E-state index in [9.17, 15) is 4.79 Å². The fraction of sp³-hybridized carbons (Fsp3) is 0.938. The first-order valence-corrected chi connectivity index (χ1v) is 8.18. The highest BCUT2D eigenvalue weighted by Crippen LogP contribution is 2.33. The van der Waals surface area contributed by atoms with Gasteiger partial charge in [-0.05, 0) is 32.2 Å². The largest absolute Gasteiger partial charge is 0.385 e. The quantitative estimate of drug-likeness (QED) is 0.624. The molecule has 0 spiro atoms. The van der Waals surface area contributed by atoms with Crippen LogP contribution in [0, 0.1) is 5.41 Å². The molecule has 21 heavy (non-hydrogen) atoms. The molecule has 0 aromatic heterocycles. The van der Waals surface area contributed by atoms with Gasteiger partial charge in [0.15, 0.2) is 0 Å². The van der Waals surface area contributed by atoms with Crippen LogP contribution in [0.4, 0.5) is 0 Å². The molecule has 1 amide bonds. The van der Waals surface area contributed by atoms with Gasteiger partial charge in [0.2, 0.25) is 5.91 Å². The zero-order chi connectivity index (χ0) is 15.6. The molecule has 5 heteroatoms. The number of hydrogen-bond acceptors (Lipinski definition) is 4. The molecule has 0 aromatic carbocycles. The maximum Gasteiger partial charge on any atom is 0.230 e. The first-order valence-electron chi connectivity index (χ1n) is 8.18. The number of rotatable bonds is 10. The fourth-order valence-electron chi connectivity index (χ4n) is 3.20. The van der Waals surface area contributed by atoms with Crippen LogP contribution in [0.25, 0.3) is 0 Å². The fourth-order valence-corrected chi connectivity index (χ4v) is 3.20. The lowest BCUT2D eigenvalue weighted by molar-refractivity contribution is -0.144. The predicted octanol–water partition coefficient (Wildman–Crippen LogP) is 1.67. The number of carbonyl (C=O) groups excluding carboxylic acids is 1. The van der Waals surface area contributed by atoms with Crippen LogP contribution in [-0.2, 0) is 14.3 Å². The average Bonchev–Trinajstić information content (AvgIpc) is 2.51. The van der Waals surface area contributed by atoms with Crippen LogP contribution in [0.15, 0.2) is 0 Å². The molecule has 0 saturated carbocycles. The van der Waals surface area contributed by atoms with Crippen molar-refractivity contribution in [2.45, 2.75) is 39.0 Å². The van der Waals surface area contributed by atoms with Crippen molar-refractivity contribution in [1.29, 1.82) is 0 Å². The first kappa shape index (κ1) is 18.4. The van der Waals surface area contributed by atoms with Gasteiger partial charge in [-0.1, -0.05) is 13.3 Å². The Bertz CT molecular complexity index is 286. The van der Waals surface area contributed by atoms with E-state index in [1.54, 1.807) is 14.2 Å². The number of nitrogens with one attached hydrogen (secondary N) is 1. The van der Waals surface area contributed by atoms with Crippen LogP contribution in [-0.4, -0.2) is 64.4 Å².